The number of pyridine rings is 1. The molecule has 142 valence electrons. The van der Waals surface area contributed by atoms with Gasteiger partial charge < -0.3 is 5.32 Å². The van der Waals surface area contributed by atoms with Gasteiger partial charge in [-0.15, -0.1) is 0 Å². The Kier molecular flexibility index (Phi) is 3.85. The Morgan fingerprint density at radius 2 is 2.07 bits per heavy atom. The zero-order valence-corrected chi connectivity index (χ0v) is 16.1. The van der Waals surface area contributed by atoms with E-state index in [1.807, 2.05) is 7.05 Å². The molecule has 0 atom stereocenters. The Hall–Kier alpha value is -2.97. The molecule has 1 aromatic carbocycles. The monoisotopic (exact) mass is 393 g/mol. The molecule has 0 radical (unpaired) electrons. The van der Waals surface area contributed by atoms with E-state index >= 15 is 0 Å². The number of benzene rings is 1. The molecule has 1 N–H and O–H groups in total. The Bertz CT molecular complexity index is 1350. The number of hydrogen-bond donors (Lipinski definition) is 1. The highest BCUT2D eigenvalue weighted by molar-refractivity contribution is 7.90. The Morgan fingerprint density at radius 1 is 1.18 bits per heavy atom. The molecule has 0 fully saturated rings. The van der Waals surface area contributed by atoms with E-state index in [9.17, 15) is 8.42 Å². The van der Waals surface area contributed by atoms with Crippen LogP contribution < -0.4 is 5.32 Å². The average Bonchev–Trinajstić information content (AvgIpc) is 3.30. The maximum Gasteiger partial charge on any atom is 0.268 e. The van der Waals surface area contributed by atoms with Crippen molar-refractivity contribution in [3.05, 3.63) is 60.6 Å². The van der Waals surface area contributed by atoms with Gasteiger partial charge in [0.25, 0.3) is 10.0 Å². The highest BCUT2D eigenvalue weighted by Crippen LogP contribution is 2.31. The fourth-order valence-electron chi connectivity index (χ4n) is 3.75. The van der Waals surface area contributed by atoms with E-state index in [2.05, 4.69) is 21.5 Å². The lowest BCUT2D eigenvalue weighted by Crippen LogP contribution is -2.20. The van der Waals surface area contributed by atoms with E-state index in [0.29, 0.717) is 11.0 Å². The summed E-state index contributed by atoms with van der Waals surface area (Å²) in [5.74, 6) is 0. The minimum Gasteiger partial charge on any atom is -0.313 e. The van der Waals surface area contributed by atoms with Gasteiger partial charge in [-0.25, -0.2) is 12.4 Å². The summed E-state index contributed by atoms with van der Waals surface area (Å²) in [6.45, 7) is 1.65. The number of aromatic nitrogens is 4. The van der Waals surface area contributed by atoms with Crippen molar-refractivity contribution in [1.82, 2.24) is 24.1 Å². The highest BCUT2D eigenvalue weighted by Gasteiger charge is 2.24. The van der Waals surface area contributed by atoms with Gasteiger partial charge in [0.15, 0.2) is 0 Å². The van der Waals surface area contributed by atoms with E-state index in [4.69, 9.17) is 0 Å². The SMILES string of the molecule is Cn1ncc2cc(S(=O)(=O)n3cc(C4=CCNCC4)c4ncccc43)ccc21. The quantitative estimate of drug-likeness (QED) is 0.578. The van der Waals surface area contributed by atoms with E-state index in [1.165, 1.54) is 3.97 Å². The molecule has 0 bridgehead atoms. The fraction of sp³-hybridized carbons (Fsp3) is 0.200. The zero-order chi connectivity index (χ0) is 19.3. The molecule has 0 aliphatic carbocycles. The normalized spacial score (nSPS) is 15.2. The second kappa shape index (κ2) is 6.29. The number of nitrogens with one attached hydrogen (secondary N) is 1. The summed E-state index contributed by atoms with van der Waals surface area (Å²) in [7, 11) is -1.93. The van der Waals surface area contributed by atoms with Crippen molar-refractivity contribution >= 4 is 37.5 Å². The molecule has 8 heteroatoms. The second-order valence-corrected chi connectivity index (χ2v) is 8.70. The predicted octanol–water partition coefficient (Wildman–Crippen LogP) is 2.54. The van der Waals surface area contributed by atoms with Crippen LogP contribution in [0.5, 0.6) is 0 Å². The maximum atomic E-state index is 13.5. The third-order valence-electron chi connectivity index (χ3n) is 5.21. The van der Waals surface area contributed by atoms with Gasteiger partial charge in [-0.3, -0.25) is 9.67 Å². The maximum absolute atomic E-state index is 13.5. The van der Waals surface area contributed by atoms with Gasteiger partial charge in [0.05, 0.1) is 27.6 Å². The van der Waals surface area contributed by atoms with Crippen LogP contribution in [0.2, 0.25) is 0 Å². The van der Waals surface area contributed by atoms with Crippen molar-refractivity contribution in [1.29, 1.82) is 0 Å². The molecule has 4 aromatic rings. The van der Waals surface area contributed by atoms with Crippen LogP contribution in [0.3, 0.4) is 0 Å². The average molecular weight is 393 g/mol. The first kappa shape index (κ1) is 17.2. The van der Waals surface area contributed by atoms with Crippen LogP contribution in [-0.4, -0.2) is 40.2 Å². The summed E-state index contributed by atoms with van der Waals surface area (Å²) in [6.07, 6.45) is 8.03. The van der Waals surface area contributed by atoms with Crippen LogP contribution in [0.25, 0.3) is 27.5 Å². The van der Waals surface area contributed by atoms with Gasteiger partial charge in [-0.2, -0.15) is 5.10 Å². The number of fused-ring (bicyclic) bond motifs is 2. The predicted molar refractivity (Wildman–Crippen MR) is 108 cm³/mol. The van der Waals surface area contributed by atoms with Gasteiger partial charge in [0, 0.05) is 36.9 Å². The third-order valence-corrected chi connectivity index (χ3v) is 6.88. The van der Waals surface area contributed by atoms with Crippen molar-refractivity contribution in [2.75, 3.05) is 13.1 Å². The van der Waals surface area contributed by atoms with Crippen molar-refractivity contribution in [3.8, 4) is 0 Å². The van der Waals surface area contributed by atoms with Crippen LogP contribution in [0.15, 0.2) is 59.9 Å². The first-order chi connectivity index (χ1) is 13.6. The molecule has 0 saturated carbocycles. The molecular formula is C20H19N5O2S. The second-order valence-electron chi connectivity index (χ2n) is 6.89. The topological polar surface area (TPSA) is 81.8 Å². The molecule has 4 heterocycles. The molecule has 1 aliphatic rings. The minimum absolute atomic E-state index is 0.236. The molecule has 0 spiro atoms. The van der Waals surface area contributed by atoms with Gasteiger partial charge in [0.1, 0.15) is 0 Å². The lowest BCUT2D eigenvalue weighted by atomic mass is 10.0. The lowest BCUT2D eigenvalue weighted by Gasteiger charge is -2.12. The zero-order valence-electron chi connectivity index (χ0n) is 15.3. The van der Waals surface area contributed by atoms with E-state index in [-0.39, 0.29) is 4.90 Å². The smallest absolute Gasteiger partial charge is 0.268 e. The summed E-state index contributed by atoms with van der Waals surface area (Å²) in [4.78, 5) is 4.71. The first-order valence-corrected chi connectivity index (χ1v) is 10.5. The lowest BCUT2D eigenvalue weighted by molar-refractivity contribution is 0.589. The molecule has 28 heavy (non-hydrogen) atoms. The molecule has 0 unspecified atom stereocenters. The number of rotatable bonds is 3. The largest absolute Gasteiger partial charge is 0.313 e. The van der Waals surface area contributed by atoms with Crippen LogP contribution in [0, 0.1) is 0 Å². The van der Waals surface area contributed by atoms with E-state index in [1.54, 1.807) is 53.6 Å². The Labute approximate surface area is 162 Å². The van der Waals surface area contributed by atoms with Gasteiger partial charge in [0.2, 0.25) is 0 Å². The third kappa shape index (κ3) is 2.56. The van der Waals surface area contributed by atoms with Crippen LogP contribution in [0.1, 0.15) is 12.0 Å². The van der Waals surface area contributed by atoms with Gasteiger partial charge in [-0.05, 0) is 48.9 Å². The highest BCUT2D eigenvalue weighted by atomic mass is 32.2. The van der Waals surface area contributed by atoms with E-state index in [0.717, 1.165) is 41.5 Å². The Morgan fingerprint density at radius 3 is 2.89 bits per heavy atom. The molecule has 3 aromatic heterocycles. The standard InChI is InChI=1S/C20H19N5O2S/c1-24-18-5-4-16(11-15(18)12-23-24)28(26,27)25-13-17(14-6-9-21-10-7-14)20-19(25)3-2-8-22-20/h2-6,8,11-13,21H,7,9-10H2,1H3. The summed E-state index contributed by atoms with van der Waals surface area (Å²) in [6, 6.07) is 8.65. The molecule has 5 rings (SSSR count). The van der Waals surface area contributed by atoms with Gasteiger partial charge >= 0.3 is 0 Å². The summed E-state index contributed by atoms with van der Waals surface area (Å²) in [5, 5.41) is 8.27. The minimum atomic E-state index is -3.77. The van der Waals surface area contributed by atoms with Crippen molar-refractivity contribution < 1.29 is 8.42 Å². The van der Waals surface area contributed by atoms with Crippen LogP contribution in [-0.2, 0) is 17.1 Å². The Balaban J connectivity index is 1.72. The van der Waals surface area contributed by atoms with Crippen molar-refractivity contribution in [2.24, 2.45) is 7.05 Å². The molecule has 0 saturated heterocycles. The number of aryl methyl sites for hydroxylation is 1. The van der Waals surface area contributed by atoms with Gasteiger partial charge in [-0.1, -0.05) is 6.08 Å². The summed E-state index contributed by atoms with van der Waals surface area (Å²) >= 11 is 0. The van der Waals surface area contributed by atoms with Crippen molar-refractivity contribution in [2.45, 2.75) is 11.3 Å². The first-order valence-electron chi connectivity index (χ1n) is 9.09. The van der Waals surface area contributed by atoms with E-state index < -0.39 is 10.0 Å². The molecule has 0 amide bonds. The van der Waals surface area contributed by atoms with Crippen LogP contribution >= 0.6 is 0 Å². The fourth-order valence-corrected chi connectivity index (χ4v) is 5.14. The van der Waals surface area contributed by atoms with Crippen LogP contribution in [0.4, 0.5) is 0 Å². The molecular weight excluding hydrogens is 374 g/mol. The summed E-state index contributed by atoms with van der Waals surface area (Å²) < 4.78 is 30.0. The number of nitrogens with zero attached hydrogens (tertiary/aromatic N) is 4. The summed E-state index contributed by atoms with van der Waals surface area (Å²) in [5.41, 5.74) is 4.19. The molecule has 7 nitrogen and oxygen atoms in total. The molecule has 1 aliphatic heterocycles. The van der Waals surface area contributed by atoms with Crippen molar-refractivity contribution in [3.63, 3.8) is 0 Å². The number of hydrogen-bond acceptors (Lipinski definition) is 5.